The Balaban J connectivity index is 1.72. The van der Waals surface area contributed by atoms with E-state index >= 15 is 0 Å². The minimum Gasteiger partial charge on any atom is -0.235 e. The maximum absolute atomic E-state index is 13.1. The maximum Gasteiger partial charge on any atom is 0.247 e. The first-order chi connectivity index (χ1) is 14.2. The molecule has 4 aromatic rings. The van der Waals surface area contributed by atoms with E-state index < -0.39 is 0 Å². The molecule has 142 valence electrons. The Hall–Kier alpha value is -3.86. The summed E-state index contributed by atoms with van der Waals surface area (Å²) in [4.78, 5) is 9.39. The normalized spacial score (nSPS) is 11.0. The molecule has 0 saturated carbocycles. The lowest BCUT2D eigenvalue weighted by atomic mass is 10.1. The van der Waals surface area contributed by atoms with E-state index in [1.807, 2.05) is 66.7 Å². The third-order valence-corrected chi connectivity index (χ3v) is 4.39. The number of aromatic nitrogens is 2. The van der Waals surface area contributed by atoms with Gasteiger partial charge in [-0.05, 0) is 23.8 Å². The Morgan fingerprint density at radius 1 is 0.759 bits per heavy atom. The molecule has 0 N–H and O–H groups in total. The number of nitrogens with zero attached hydrogens (tertiary/aromatic N) is 4. The fourth-order valence-electron chi connectivity index (χ4n) is 2.85. The number of hydrazone groups is 1. The van der Waals surface area contributed by atoms with Gasteiger partial charge in [-0.1, -0.05) is 72.8 Å². The van der Waals surface area contributed by atoms with Gasteiger partial charge in [0.25, 0.3) is 0 Å². The first-order valence-corrected chi connectivity index (χ1v) is 9.22. The molecule has 0 amide bonds. The van der Waals surface area contributed by atoms with E-state index in [2.05, 4.69) is 5.10 Å². The average Bonchev–Trinajstić information content (AvgIpc) is 2.79. The van der Waals surface area contributed by atoms with Gasteiger partial charge in [-0.15, -0.1) is 0 Å². The molecule has 0 aliphatic carbocycles. The summed E-state index contributed by atoms with van der Waals surface area (Å²) >= 11 is 0. The van der Waals surface area contributed by atoms with E-state index in [1.54, 1.807) is 30.4 Å². The predicted molar refractivity (Wildman–Crippen MR) is 115 cm³/mol. The van der Waals surface area contributed by atoms with Crippen LogP contribution in [0.4, 0.5) is 10.3 Å². The van der Waals surface area contributed by atoms with Crippen LogP contribution >= 0.6 is 0 Å². The van der Waals surface area contributed by atoms with Gasteiger partial charge in [0.2, 0.25) is 5.95 Å². The number of benzene rings is 3. The molecular weight excluding hydrogens is 363 g/mol. The Kier molecular flexibility index (Phi) is 5.38. The van der Waals surface area contributed by atoms with Gasteiger partial charge in [0.15, 0.2) is 0 Å². The van der Waals surface area contributed by atoms with Crippen molar-refractivity contribution in [3.8, 4) is 22.5 Å². The Morgan fingerprint density at radius 3 is 1.79 bits per heavy atom. The van der Waals surface area contributed by atoms with Gasteiger partial charge in [-0.25, -0.2) is 19.4 Å². The summed E-state index contributed by atoms with van der Waals surface area (Å²) in [6.07, 6.45) is 1.65. The van der Waals surface area contributed by atoms with Gasteiger partial charge in [-0.3, -0.25) is 0 Å². The van der Waals surface area contributed by atoms with Crippen molar-refractivity contribution in [2.75, 3.05) is 12.1 Å². The fourth-order valence-corrected chi connectivity index (χ4v) is 2.85. The van der Waals surface area contributed by atoms with Crippen LogP contribution in [0.1, 0.15) is 5.56 Å². The quantitative estimate of drug-likeness (QED) is 0.342. The topological polar surface area (TPSA) is 41.4 Å². The summed E-state index contributed by atoms with van der Waals surface area (Å²) in [5, 5.41) is 6.04. The molecule has 0 radical (unpaired) electrons. The van der Waals surface area contributed by atoms with E-state index in [4.69, 9.17) is 9.97 Å². The SMILES string of the molecule is CN(/N=C\c1ccc(F)cc1)c1nc(-c2ccccc2)cc(-c2ccccc2)n1. The third kappa shape index (κ3) is 4.52. The summed E-state index contributed by atoms with van der Waals surface area (Å²) in [7, 11) is 1.79. The molecule has 0 bridgehead atoms. The summed E-state index contributed by atoms with van der Waals surface area (Å²) in [6.45, 7) is 0. The first-order valence-electron chi connectivity index (χ1n) is 9.22. The van der Waals surface area contributed by atoms with Crippen LogP contribution < -0.4 is 5.01 Å². The molecule has 4 rings (SSSR count). The highest BCUT2D eigenvalue weighted by atomic mass is 19.1. The second-order valence-electron chi connectivity index (χ2n) is 6.49. The zero-order valence-electron chi connectivity index (χ0n) is 15.9. The zero-order valence-corrected chi connectivity index (χ0v) is 15.9. The highest BCUT2D eigenvalue weighted by Crippen LogP contribution is 2.26. The van der Waals surface area contributed by atoms with E-state index in [0.717, 1.165) is 28.1 Å². The van der Waals surface area contributed by atoms with E-state index in [9.17, 15) is 4.39 Å². The van der Waals surface area contributed by atoms with Crippen LogP contribution in [0.15, 0.2) is 96.1 Å². The van der Waals surface area contributed by atoms with E-state index in [1.165, 1.54) is 12.1 Å². The van der Waals surface area contributed by atoms with Gasteiger partial charge >= 0.3 is 0 Å². The van der Waals surface area contributed by atoms with Crippen LogP contribution in [0.2, 0.25) is 0 Å². The molecule has 3 aromatic carbocycles. The molecule has 1 aromatic heterocycles. The standard InChI is InChI=1S/C24H19FN4/c1-29(26-17-18-12-14-21(25)15-13-18)24-27-22(19-8-4-2-5-9-19)16-23(28-24)20-10-6-3-7-11-20/h2-17H,1H3/b26-17-. The smallest absolute Gasteiger partial charge is 0.235 e. The summed E-state index contributed by atoms with van der Waals surface area (Å²) in [5.74, 6) is 0.200. The lowest BCUT2D eigenvalue weighted by Crippen LogP contribution is -2.13. The molecule has 0 atom stereocenters. The molecule has 0 spiro atoms. The van der Waals surface area contributed by atoms with Crippen molar-refractivity contribution in [1.82, 2.24) is 9.97 Å². The second kappa shape index (κ2) is 8.44. The van der Waals surface area contributed by atoms with Crippen LogP contribution in [-0.4, -0.2) is 23.2 Å². The zero-order chi connectivity index (χ0) is 20.1. The largest absolute Gasteiger partial charge is 0.247 e. The molecule has 0 unspecified atom stereocenters. The minimum atomic E-state index is -0.276. The fraction of sp³-hybridized carbons (Fsp3) is 0.0417. The molecule has 0 saturated heterocycles. The molecule has 1 heterocycles. The van der Waals surface area contributed by atoms with E-state index in [-0.39, 0.29) is 5.82 Å². The van der Waals surface area contributed by atoms with Crippen molar-refractivity contribution < 1.29 is 4.39 Å². The Bertz CT molecular complexity index is 1050. The van der Waals surface area contributed by atoms with Crippen molar-refractivity contribution in [3.63, 3.8) is 0 Å². The third-order valence-electron chi connectivity index (χ3n) is 4.39. The molecular formula is C24H19FN4. The number of anilines is 1. The van der Waals surface area contributed by atoms with Crippen LogP contribution in [0.5, 0.6) is 0 Å². The second-order valence-corrected chi connectivity index (χ2v) is 6.49. The molecule has 5 heteroatoms. The summed E-state index contributed by atoms with van der Waals surface area (Å²) in [5.41, 5.74) is 4.44. The lowest BCUT2D eigenvalue weighted by molar-refractivity contribution is 0.628. The van der Waals surface area contributed by atoms with Crippen molar-refractivity contribution >= 4 is 12.2 Å². The van der Waals surface area contributed by atoms with E-state index in [0.29, 0.717) is 5.95 Å². The number of rotatable bonds is 5. The van der Waals surface area contributed by atoms with Gasteiger partial charge in [0.05, 0.1) is 17.6 Å². The minimum absolute atomic E-state index is 0.276. The molecule has 29 heavy (non-hydrogen) atoms. The van der Waals surface area contributed by atoms with Gasteiger partial charge in [0, 0.05) is 18.2 Å². The van der Waals surface area contributed by atoms with Gasteiger partial charge in [0.1, 0.15) is 5.82 Å². The van der Waals surface area contributed by atoms with Crippen molar-refractivity contribution in [2.45, 2.75) is 0 Å². The first kappa shape index (κ1) is 18.5. The average molecular weight is 382 g/mol. The van der Waals surface area contributed by atoms with Crippen LogP contribution in [0.25, 0.3) is 22.5 Å². The van der Waals surface area contributed by atoms with Crippen molar-refractivity contribution in [3.05, 3.63) is 102 Å². The Labute approximate surface area is 169 Å². The van der Waals surface area contributed by atoms with Crippen molar-refractivity contribution in [2.24, 2.45) is 5.10 Å². The molecule has 0 aliphatic rings. The predicted octanol–water partition coefficient (Wildman–Crippen LogP) is 5.42. The number of hydrogen-bond donors (Lipinski definition) is 0. The maximum atomic E-state index is 13.1. The van der Waals surface area contributed by atoms with Crippen LogP contribution in [-0.2, 0) is 0 Å². The lowest BCUT2D eigenvalue weighted by Gasteiger charge is -2.14. The van der Waals surface area contributed by atoms with Crippen LogP contribution in [0, 0.1) is 5.82 Å². The number of hydrogen-bond acceptors (Lipinski definition) is 4. The highest BCUT2D eigenvalue weighted by Gasteiger charge is 2.11. The summed E-state index contributed by atoms with van der Waals surface area (Å²) < 4.78 is 13.1. The number of halogens is 1. The van der Waals surface area contributed by atoms with Crippen molar-refractivity contribution in [1.29, 1.82) is 0 Å². The molecule has 0 fully saturated rings. The Morgan fingerprint density at radius 2 is 1.28 bits per heavy atom. The summed E-state index contributed by atoms with van der Waals surface area (Å²) in [6, 6.07) is 28.1. The molecule has 0 aliphatic heterocycles. The molecule has 4 nitrogen and oxygen atoms in total. The van der Waals surface area contributed by atoms with Crippen LogP contribution in [0.3, 0.4) is 0 Å². The highest BCUT2D eigenvalue weighted by molar-refractivity contribution is 5.80. The monoisotopic (exact) mass is 382 g/mol. The van der Waals surface area contributed by atoms with Gasteiger partial charge in [-0.2, -0.15) is 5.10 Å². The van der Waals surface area contributed by atoms with Gasteiger partial charge < -0.3 is 0 Å².